The second-order valence-corrected chi connectivity index (χ2v) is 3.45. The van der Waals surface area contributed by atoms with Gasteiger partial charge in [0.2, 0.25) is 0 Å². The Bertz CT molecular complexity index is 489. The van der Waals surface area contributed by atoms with Gasteiger partial charge in [-0.15, -0.1) is 0 Å². The van der Waals surface area contributed by atoms with Crippen LogP contribution in [0.2, 0.25) is 5.02 Å². The molecule has 0 unspecified atom stereocenters. The molecule has 0 radical (unpaired) electrons. The van der Waals surface area contributed by atoms with Crippen LogP contribution in [0.1, 0.15) is 10.4 Å². The number of carbonyl (C=O) groups is 1. The zero-order valence-corrected chi connectivity index (χ0v) is 8.36. The molecule has 0 saturated heterocycles. The molecule has 1 heterocycles. The van der Waals surface area contributed by atoms with Crippen LogP contribution in [-0.4, -0.2) is 11.1 Å². The van der Waals surface area contributed by atoms with Gasteiger partial charge in [-0.25, -0.2) is 4.79 Å². The van der Waals surface area contributed by atoms with Gasteiger partial charge in [-0.05, 0) is 30.3 Å². The molecule has 0 fully saturated rings. The molecule has 0 atom stereocenters. The Morgan fingerprint density at radius 2 is 2.13 bits per heavy atom. The van der Waals surface area contributed by atoms with Crippen LogP contribution < -0.4 is 0 Å². The van der Waals surface area contributed by atoms with Crippen LogP contribution in [0.25, 0.3) is 11.3 Å². The quantitative estimate of drug-likeness (QED) is 0.848. The highest BCUT2D eigenvalue weighted by atomic mass is 35.5. The standard InChI is InChI=1S/C11H7ClO3/c12-9-5-7(10-2-1-3-15-10)4-8(6-9)11(13)14/h1-6H,(H,13,14). The van der Waals surface area contributed by atoms with Crippen molar-refractivity contribution in [1.82, 2.24) is 0 Å². The lowest BCUT2D eigenvalue weighted by Gasteiger charge is -2.00. The van der Waals surface area contributed by atoms with Gasteiger partial charge in [0.25, 0.3) is 0 Å². The average Bonchev–Trinajstić information content (AvgIpc) is 2.69. The minimum Gasteiger partial charge on any atom is -0.478 e. The molecule has 3 nitrogen and oxygen atoms in total. The van der Waals surface area contributed by atoms with Gasteiger partial charge in [-0.2, -0.15) is 0 Å². The van der Waals surface area contributed by atoms with E-state index < -0.39 is 5.97 Å². The largest absolute Gasteiger partial charge is 0.478 e. The van der Waals surface area contributed by atoms with Crippen molar-refractivity contribution in [2.45, 2.75) is 0 Å². The molecule has 0 aliphatic carbocycles. The Morgan fingerprint density at radius 1 is 1.33 bits per heavy atom. The Labute approximate surface area is 90.9 Å². The fraction of sp³-hybridized carbons (Fsp3) is 0. The number of furan rings is 1. The molecule has 1 aromatic carbocycles. The molecule has 1 aromatic heterocycles. The smallest absolute Gasteiger partial charge is 0.335 e. The minimum absolute atomic E-state index is 0.147. The summed E-state index contributed by atoms with van der Waals surface area (Å²) in [5.74, 6) is -0.412. The molecule has 2 rings (SSSR count). The highest BCUT2D eigenvalue weighted by Gasteiger charge is 2.08. The lowest BCUT2D eigenvalue weighted by molar-refractivity contribution is 0.0697. The van der Waals surface area contributed by atoms with E-state index in [0.717, 1.165) is 0 Å². The third-order valence-corrected chi connectivity index (χ3v) is 2.17. The first-order valence-electron chi connectivity index (χ1n) is 4.24. The third-order valence-electron chi connectivity index (χ3n) is 1.95. The molecule has 1 N–H and O–H groups in total. The summed E-state index contributed by atoms with van der Waals surface area (Å²) in [4.78, 5) is 10.8. The molecule has 0 amide bonds. The van der Waals surface area contributed by atoms with E-state index in [0.29, 0.717) is 16.3 Å². The summed E-state index contributed by atoms with van der Waals surface area (Å²) < 4.78 is 5.16. The van der Waals surface area contributed by atoms with Gasteiger partial charge >= 0.3 is 5.97 Å². The molecule has 76 valence electrons. The van der Waals surface area contributed by atoms with Crippen molar-refractivity contribution in [3.05, 3.63) is 47.2 Å². The van der Waals surface area contributed by atoms with E-state index in [-0.39, 0.29) is 5.56 Å². The lowest BCUT2D eigenvalue weighted by Crippen LogP contribution is -1.96. The molecular formula is C11H7ClO3. The van der Waals surface area contributed by atoms with Crippen LogP contribution >= 0.6 is 11.6 Å². The number of carboxylic acid groups (broad SMARTS) is 1. The number of hydrogen-bond acceptors (Lipinski definition) is 2. The van der Waals surface area contributed by atoms with E-state index in [9.17, 15) is 4.79 Å². The highest BCUT2D eigenvalue weighted by molar-refractivity contribution is 6.31. The summed E-state index contributed by atoms with van der Waals surface area (Å²) in [6, 6.07) is 8.06. The maximum absolute atomic E-state index is 10.8. The van der Waals surface area contributed by atoms with Crippen molar-refractivity contribution in [3.63, 3.8) is 0 Å². The Balaban J connectivity index is 2.54. The molecule has 0 bridgehead atoms. The third kappa shape index (κ3) is 2.02. The monoisotopic (exact) mass is 222 g/mol. The molecule has 0 saturated carbocycles. The number of rotatable bonds is 2. The predicted molar refractivity (Wildman–Crippen MR) is 56.1 cm³/mol. The van der Waals surface area contributed by atoms with Crippen molar-refractivity contribution < 1.29 is 14.3 Å². The number of carboxylic acids is 1. The van der Waals surface area contributed by atoms with E-state index in [1.807, 2.05) is 0 Å². The first-order chi connectivity index (χ1) is 7.16. The summed E-state index contributed by atoms with van der Waals surface area (Å²) in [5.41, 5.74) is 0.804. The van der Waals surface area contributed by atoms with Crippen molar-refractivity contribution in [2.75, 3.05) is 0 Å². The van der Waals surface area contributed by atoms with Gasteiger partial charge in [-0.1, -0.05) is 11.6 Å². The molecule has 4 heteroatoms. The molecule has 15 heavy (non-hydrogen) atoms. The van der Waals surface area contributed by atoms with Gasteiger partial charge in [0.1, 0.15) is 5.76 Å². The normalized spacial score (nSPS) is 10.2. The highest BCUT2D eigenvalue weighted by Crippen LogP contribution is 2.25. The molecular weight excluding hydrogens is 216 g/mol. The number of hydrogen-bond donors (Lipinski definition) is 1. The SMILES string of the molecule is O=C(O)c1cc(Cl)cc(-c2ccco2)c1. The summed E-state index contributed by atoms with van der Waals surface area (Å²) in [7, 11) is 0. The van der Waals surface area contributed by atoms with Crippen LogP contribution in [-0.2, 0) is 0 Å². The van der Waals surface area contributed by atoms with Crippen LogP contribution in [0, 0.1) is 0 Å². The van der Waals surface area contributed by atoms with E-state index in [1.54, 1.807) is 18.2 Å². The first-order valence-corrected chi connectivity index (χ1v) is 4.62. The van der Waals surface area contributed by atoms with Crippen molar-refractivity contribution in [2.24, 2.45) is 0 Å². The van der Waals surface area contributed by atoms with Crippen molar-refractivity contribution in [1.29, 1.82) is 0 Å². The van der Waals surface area contributed by atoms with Crippen LogP contribution in [0.15, 0.2) is 41.0 Å². The summed E-state index contributed by atoms with van der Waals surface area (Å²) in [5, 5.41) is 9.22. The second-order valence-electron chi connectivity index (χ2n) is 3.01. The second kappa shape index (κ2) is 3.79. The number of aromatic carboxylic acids is 1. The topological polar surface area (TPSA) is 50.4 Å². The van der Waals surface area contributed by atoms with E-state index in [4.69, 9.17) is 21.1 Å². The minimum atomic E-state index is -1.01. The molecule has 0 aliphatic rings. The Kier molecular flexibility index (Phi) is 2.47. The van der Waals surface area contributed by atoms with Gasteiger partial charge in [0, 0.05) is 10.6 Å². The number of benzene rings is 1. The zero-order chi connectivity index (χ0) is 10.8. The summed E-state index contributed by atoms with van der Waals surface area (Å²) in [6.45, 7) is 0. The van der Waals surface area contributed by atoms with Crippen LogP contribution in [0.3, 0.4) is 0 Å². The van der Waals surface area contributed by atoms with Crippen molar-refractivity contribution >= 4 is 17.6 Å². The first kappa shape index (κ1) is 9.80. The van der Waals surface area contributed by atoms with E-state index in [1.165, 1.54) is 18.4 Å². The van der Waals surface area contributed by atoms with Gasteiger partial charge in [0.05, 0.1) is 11.8 Å². The van der Waals surface area contributed by atoms with E-state index in [2.05, 4.69) is 0 Å². The fourth-order valence-electron chi connectivity index (χ4n) is 1.30. The van der Waals surface area contributed by atoms with Gasteiger partial charge in [-0.3, -0.25) is 0 Å². The Hall–Kier alpha value is -1.74. The van der Waals surface area contributed by atoms with Gasteiger partial charge < -0.3 is 9.52 Å². The molecule has 2 aromatic rings. The maximum Gasteiger partial charge on any atom is 0.335 e. The zero-order valence-electron chi connectivity index (χ0n) is 7.61. The Morgan fingerprint density at radius 3 is 2.73 bits per heavy atom. The number of halogens is 1. The summed E-state index contributed by atoms with van der Waals surface area (Å²) in [6.07, 6.45) is 1.52. The van der Waals surface area contributed by atoms with Crippen LogP contribution in [0.5, 0.6) is 0 Å². The van der Waals surface area contributed by atoms with Crippen molar-refractivity contribution in [3.8, 4) is 11.3 Å². The van der Waals surface area contributed by atoms with E-state index >= 15 is 0 Å². The predicted octanol–water partition coefficient (Wildman–Crippen LogP) is 3.30. The average molecular weight is 223 g/mol. The van der Waals surface area contributed by atoms with Gasteiger partial charge in [0.15, 0.2) is 0 Å². The van der Waals surface area contributed by atoms with Crippen LogP contribution in [0.4, 0.5) is 0 Å². The maximum atomic E-state index is 10.8. The molecule has 0 spiro atoms. The summed E-state index contributed by atoms with van der Waals surface area (Å²) >= 11 is 5.81. The molecule has 0 aliphatic heterocycles. The fourth-order valence-corrected chi connectivity index (χ4v) is 1.53. The lowest BCUT2D eigenvalue weighted by atomic mass is 10.1.